The van der Waals surface area contributed by atoms with Gasteiger partial charge in [-0.25, -0.2) is 0 Å². The topological polar surface area (TPSA) is 17.3 Å². The summed E-state index contributed by atoms with van der Waals surface area (Å²) < 4.78 is 2.19. The van der Waals surface area contributed by atoms with Crippen LogP contribution in [0.4, 0.5) is 0 Å². The number of aromatic nitrogens is 1. The molecule has 0 saturated carbocycles. The van der Waals surface area contributed by atoms with E-state index in [1.54, 1.807) is 11.3 Å². The third-order valence-corrected chi connectivity index (χ3v) is 3.16. The molecule has 2 aromatic rings. The highest BCUT2D eigenvalue weighted by Gasteiger charge is 2.10. The van der Waals surface area contributed by atoms with Crippen LogP contribution in [0.2, 0.25) is 0 Å². The van der Waals surface area contributed by atoms with Crippen LogP contribution in [-0.2, 0) is 6.54 Å². The first kappa shape index (κ1) is 7.09. The molecule has 13 heavy (non-hydrogen) atoms. The molecule has 0 radical (unpaired) electrons. The second-order valence-electron chi connectivity index (χ2n) is 3.02. The summed E-state index contributed by atoms with van der Waals surface area (Å²) in [7, 11) is 0. The minimum absolute atomic E-state index is 0.806. The molecule has 0 atom stereocenters. The average molecular weight is 188 g/mol. The molecule has 1 aliphatic rings. The van der Waals surface area contributed by atoms with Gasteiger partial charge in [0, 0.05) is 18.0 Å². The summed E-state index contributed by atoms with van der Waals surface area (Å²) in [5.74, 6) is 0. The predicted octanol–water partition coefficient (Wildman–Crippen LogP) is 2.47. The molecule has 1 aliphatic heterocycles. The van der Waals surface area contributed by atoms with E-state index in [2.05, 4.69) is 39.3 Å². The van der Waals surface area contributed by atoms with Gasteiger partial charge in [-0.05, 0) is 23.6 Å². The second kappa shape index (κ2) is 2.57. The molecule has 0 fully saturated rings. The fraction of sp³-hybridized carbons (Fsp3) is 0.100. The summed E-state index contributed by atoms with van der Waals surface area (Å²) in [6, 6.07) is 6.28. The zero-order valence-corrected chi connectivity index (χ0v) is 7.79. The molecule has 3 rings (SSSR count). The largest absolute Gasteiger partial charge is 0.307 e. The minimum Gasteiger partial charge on any atom is -0.307 e. The molecule has 64 valence electrons. The van der Waals surface area contributed by atoms with E-state index in [-0.39, 0.29) is 0 Å². The van der Waals surface area contributed by atoms with Crippen LogP contribution in [-0.4, -0.2) is 10.8 Å². The van der Waals surface area contributed by atoms with E-state index in [0.717, 1.165) is 6.54 Å². The van der Waals surface area contributed by atoms with Crippen molar-refractivity contribution in [3.8, 4) is 5.00 Å². The Morgan fingerprint density at radius 1 is 1.38 bits per heavy atom. The van der Waals surface area contributed by atoms with Crippen LogP contribution in [0.1, 0.15) is 11.3 Å². The fourth-order valence-electron chi connectivity index (χ4n) is 1.58. The lowest BCUT2D eigenvalue weighted by Gasteiger charge is -2.01. The highest BCUT2D eigenvalue weighted by Crippen LogP contribution is 2.25. The Bertz CT molecular complexity index is 465. The Labute approximate surface area is 80.2 Å². The number of aliphatic imine (C=N–C) groups is 1. The van der Waals surface area contributed by atoms with Crippen molar-refractivity contribution in [2.75, 3.05) is 0 Å². The van der Waals surface area contributed by atoms with Gasteiger partial charge in [0.25, 0.3) is 0 Å². The van der Waals surface area contributed by atoms with Gasteiger partial charge in [-0.1, -0.05) is 0 Å². The molecule has 2 nitrogen and oxygen atoms in total. The summed E-state index contributed by atoms with van der Waals surface area (Å²) in [6.07, 6.45) is 4.02. The minimum atomic E-state index is 0.806. The Kier molecular flexibility index (Phi) is 1.40. The van der Waals surface area contributed by atoms with E-state index in [0.29, 0.717) is 0 Å². The third-order valence-electron chi connectivity index (χ3n) is 2.21. The second-order valence-corrected chi connectivity index (χ2v) is 3.92. The quantitative estimate of drug-likeness (QED) is 0.604. The van der Waals surface area contributed by atoms with E-state index in [9.17, 15) is 0 Å². The SMILES string of the molecule is C1=NCc2ccsc2-n2cccc21. The molecular weight excluding hydrogens is 180 g/mol. The van der Waals surface area contributed by atoms with Crippen LogP contribution >= 0.6 is 11.3 Å². The molecule has 0 aliphatic carbocycles. The van der Waals surface area contributed by atoms with Gasteiger partial charge in [0.15, 0.2) is 0 Å². The van der Waals surface area contributed by atoms with Crippen LogP contribution in [0.3, 0.4) is 0 Å². The van der Waals surface area contributed by atoms with Crippen LogP contribution in [0, 0.1) is 0 Å². The van der Waals surface area contributed by atoms with E-state index in [1.165, 1.54) is 16.3 Å². The van der Waals surface area contributed by atoms with Gasteiger partial charge in [0.2, 0.25) is 0 Å². The summed E-state index contributed by atoms with van der Waals surface area (Å²) in [6.45, 7) is 0.806. The van der Waals surface area contributed by atoms with Crippen LogP contribution < -0.4 is 0 Å². The first-order valence-electron chi connectivity index (χ1n) is 4.19. The summed E-state index contributed by atoms with van der Waals surface area (Å²) >= 11 is 1.77. The predicted molar refractivity (Wildman–Crippen MR) is 54.9 cm³/mol. The number of fused-ring (bicyclic) bond motifs is 3. The van der Waals surface area contributed by atoms with E-state index < -0.39 is 0 Å². The fourth-order valence-corrected chi connectivity index (χ4v) is 2.51. The maximum atomic E-state index is 4.36. The lowest BCUT2D eigenvalue weighted by molar-refractivity contribution is 1.05. The highest BCUT2D eigenvalue weighted by molar-refractivity contribution is 7.12. The van der Waals surface area contributed by atoms with Crippen molar-refractivity contribution in [1.29, 1.82) is 0 Å². The van der Waals surface area contributed by atoms with Gasteiger partial charge < -0.3 is 4.57 Å². The number of hydrogen-bond acceptors (Lipinski definition) is 2. The van der Waals surface area contributed by atoms with Gasteiger partial charge in [-0.2, -0.15) is 0 Å². The monoisotopic (exact) mass is 188 g/mol. The molecule has 3 heteroatoms. The summed E-state index contributed by atoms with van der Waals surface area (Å²) in [5.41, 5.74) is 2.48. The van der Waals surface area contributed by atoms with Crippen LogP contribution in [0.5, 0.6) is 0 Å². The lowest BCUT2D eigenvalue weighted by atomic mass is 10.3. The van der Waals surface area contributed by atoms with Gasteiger partial charge >= 0.3 is 0 Å². The van der Waals surface area contributed by atoms with Crippen molar-refractivity contribution < 1.29 is 0 Å². The van der Waals surface area contributed by atoms with E-state index in [4.69, 9.17) is 0 Å². The standard InChI is InChI=1S/C10H8N2S/c1-2-9-7-11-6-8-3-5-13-10(8)12(9)4-1/h1-5,7H,6H2. The molecule has 0 N–H and O–H groups in total. The number of rotatable bonds is 0. The molecule has 3 heterocycles. The normalized spacial score (nSPS) is 13.5. The van der Waals surface area contributed by atoms with E-state index in [1.807, 2.05) is 6.21 Å². The van der Waals surface area contributed by atoms with E-state index >= 15 is 0 Å². The molecular formula is C10H8N2S. The maximum Gasteiger partial charge on any atom is 0.105 e. The van der Waals surface area contributed by atoms with Gasteiger partial charge in [0.1, 0.15) is 5.00 Å². The van der Waals surface area contributed by atoms with Gasteiger partial charge in [-0.3, -0.25) is 4.99 Å². The molecule has 0 aromatic carbocycles. The average Bonchev–Trinajstić information content (AvgIpc) is 2.72. The first-order valence-corrected chi connectivity index (χ1v) is 5.07. The summed E-state index contributed by atoms with van der Waals surface area (Å²) in [4.78, 5) is 4.36. The van der Waals surface area contributed by atoms with Crippen molar-refractivity contribution in [3.05, 3.63) is 41.0 Å². The molecule has 0 amide bonds. The zero-order chi connectivity index (χ0) is 8.67. The van der Waals surface area contributed by atoms with Gasteiger partial charge in [0.05, 0.1) is 12.2 Å². The molecule has 0 spiro atoms. The third kappa shape index (κ3) is 0.971. The highest BCUT2D eigenvalue weighted by atomic mass is 32.1. The number of hydrogen-bond donors (Lipinski definition) is 0. The van der Waals surface area contributed by atoms with Crippen molar-refractivity contribution >= 4 is 17.6 Å². The number of nitrogens with zero attached hydrogens (tertiary/aromatic N) is 2. The smallest absolute Gasteiger partial charge is 0.105 e. The first-order chi connectivity index (χ1) is 6.45. The zero-order valence-electron chi connectivity index (χ0n) is 6.97. The van der Waals surface area contributed by atoms with Crippen molar-refractivity contribution in [3.63, 3.8) is 0 Å². The Morgan fingerprint density at radius 2 is 2.38 bits per heavy atom. The summed E-state index contributed by atoms with van der Waals surface area (Å²) in [5, 5.41) is 3.42. The lowest BCUT2D eigenvalue weighted by Crippen LogP contribution is -1.94. The molecule has 0 saturated heterocycles. The Hall–Kier alpha value is -1.35. The Morgan fingerprint density at radius 3 is 3.38 bits per heavy atom. The van der Waals surface area contributed by atoms with Crippen molar-refractivity contribution in [2.45, 2.75) is 6.54 Å². The van der Waals surface area contributed by atoms with Crippen molar-refractivity contribution in [2.24, 2.45) is 4.99 Å². The van der Waals surface area contributed by atoms with Gasteiger partial charge in [-0.15, -0.1) is 11.3 Å². The molecule has 0 unspecified atom stereocenters. The molecule has 0 bridgehead atoms. The Balaban J connectivity index is 2.34. The van der Waals surface area contributed by atoms with Crippen LogP contribution in [0.15, 0.2) is 34.8 Å². The number of thiophene rings is 1. The molecule has 2 aromatic heterocycles. The maximum absolute atomic E-state index is 4.36. The van der Waals surface area contributed by atoms with Crippen molar-refractivity contribution in [1.82, 2.24) is 4.57 Å². The van der Waals surface area contributed by atoms with Crippen LogP contribution in [0.25, 0.3) is 5.00 Å².